The molecule has 21 nitrogen and oxygen atoms in total. The highest BCUT2D eigenvalue weighted by Gasteiger charge is 2.61. The number of fused-ring (bicyclic) bond motifs is 8. The number of rotatable bonds is 20. The van der Waals surface area contributed by atoms with Crippen LogP contribution in [0.4, 0.5) is 72.8 Å². The molecule has 12 atom stereocenters. The van der Waals surface area contributed by atoms with Crippen molar-refractivity contribution in [1.29, 1.82) is 0 Å². The normalized spacial score (nSPS) is 25.7. The molecule has 144 heavy (non-hydrogen) atoms. The molecule has 4 aromatic carbocycles. The zero-order chi connectivity index (χ0) is 102. The maximum Gasteiger partial charge on any atom is 0.417 e. The molecule has 0 radical (unpaired) electrons. The van der Waals surface area contributed by atoms with E-state index in [-0.39, 0.29) is 91.4 Å². The minimum atomic E-state index is -4.47. The summed E-state index contributed by atoms with van der Waals surface area (Å²) in [4.78, 5) is 92.1. The van der Waals surface area contributed by atoms with Gasteiger partial charge in [-0.05, 0) is 244 Å². The van der Waals surface area contributed by atoms with Crippen LogP contribution in [0.5, 0.6) is 0 Å². The number of hydrogen-bond acceptors (Lipinski definition) is 15. The lowest BCUT2D eigenvalue weighted by atomic mass is 9.78. The standard InChI is InChI=1S/C28H30F3N5O.C27H30F5N3O.C27H31F3N4O2.C27H33F3N4O/c29-28(30,31)22-13-20-18-35(11-7-25(20)33-17-22)26(37)27-8-2-5-21(27)14-23(15-27)32-16-19-4-1-6-24(12-19)36-10-3-9-34-36;1-25(28,29)19-5-2-4-17(10-19)14-33-22-12-20-6-3-8-26(20,13-22)24(36)35-9-7-23-18(16-35)11-21(15-34-23)27(30,31)32;1-17(35)33-22-6-4-18(5-7-22)14-31-23-12-20-3-2-9-26(20,13-23)25(36)34-10-8-24-19(16-34)11-21(15-32-24)27(28,29)30;1-33(2)23-7-3-5-18(11-23)15-31-22-13-20-6-4-9-26(20,14-22)25(35)34-10-8-24-19(17-34)12-21(16-32-24)27(28,29)30/h1,3-4,6,9-10,12-13,17,21,23,32H,2,5,7-8,11,14-16,18H2;2,4-5,10-11,15,20,22,33H,3,6-9,12-14,16H2,1H3;4-7,11,15,20,23,31H,2-3,8-10,12-14,16H2,1H3,(H,33,35);3,5,7,11-12,16,20,22,31H,4,6,8-10,13-15,17H2,1-2H3. The fourth-order valence-electron chi connectivity index (χ4n) is 26.0. The third-order valence-corrected chi connectivity index (χ3v) is 33.1. The van der Waals surface area contributed by atoms with Gasteiger partial charge in [-0.3, -0.25) is 43.9 Å². The lowest BCUT2D eigenvalue weighted by Crippen LogP contribution is -2.46. The first kappa shape index (κ1) is 103. The topological polar surface area (TPSA) is 231 Å². The minimum Gasteiger partial charge on any atom is -0.378 e. The molecule has 12 aliphatic rings. The van der Waals surface area contributed by atoms with Crippen molar-refractivity contribution < 1.29 is 85.4 Å². The lowest BCUT2D eigenvalue weighted by molar-refractivity contribution is -0.145. The number of anilines is 2. The first-order chi connectivity index (χ1) is 68.6. The van der Waals surface area contributed by atoms with E-state index in [2.05, 4.69) is 92.9 Å². The average Bonchev–Trinajstić information content (AvgIpc) is 1.60. The van der Waals surface area contributed by atoms with Gasteiger partial charge in [-0.2, -0.15) is 57.8 Å². The molecule has 21 rings (SSSR count). The van der Waals surface area contributed by atoms with Gasteiger partial charge in [0, 0.05) is 233 Å². The number of carbonyl (C=O) groups excluding carboxylic acids is 5. The van der Waals surface area contributed by atoms with E-state index >= 15 is 0 Å². The molecule has 5 amide bonds. The molecular formula is C109H124F14N16O5. The molecule has 5 N–H and O–H groups in total. The SMILES string of the molecule is CC(=O)Nc1ccc(CNC2CC3CCCC3(C(=O)N3CCc4ncc(C(F)(F)F)cc4C3)C2)cc1.CC(F)(F)c1cccc(CNC2CC3CCCC3(C(=O)N3CCc4ncc(C(F)(F)F)cc4C3)C2)c1.CN(C)c1cccc(CNC2CC3CCCC3(C(=O)N3CCc4ncc(C(F)(F)F)cc4C3)C2)c1.O=C(N1CCc2ncc(C(F)(F)F)cc2C1)C12CCCC1CC(NCc1cccc(-n3cccn3)c1)C2. The van der Waals surface area contributed by atoms with Crippen molar-refractivity contribution in [2.24, 2.45) is 45.3 Å². The van der Waals surface area contributed by atoms with E-state index in [1.807, 2.05) is 73.5 Å². The molecule has 8 aliphatic carbocycles. The molecule has 0 spiro atoms. The Bertz CT molecular complexity index is 6150. The Morgan fingerprint density at radius 3 is 1.03 bits per heavy atom. The zero-order valence-corrected chi connectivity index (χ0v) is 81.4. The molecular weight excluding hydrogens is 1880 g/mol. The molecule has 9 heterocycles. The van der Waals surface area contributed by atoms with Gasteiger partial charge in [-0.15, -0.1) is 0 Å². The highest BCUT2D eigenvalue weighted by molar-refractivity contribution is 5.89. The molecule has 5 aromatic heterocycles. The van der Waals surface area contributed by atoms with Gasteiger partial charge in [0.1, 0.15) is 0 Å². The Labute approximate surface area is 829 Å². The smallest absolute Gasteiger partial charge is 0.378 e. The molecule has 35 heteroatoms. The Kier molecular flexibility index (Phi) is 29.6. The first-order valence-electron chi connectivity index (χ1n) is 50.6. The van der Waals surface area contributed by atoms with Gasteiger partial charge in [0.25, 0.3) is 5.92 Å². The summed E-state index contributed by atoms with van der Waals surface area (Å²) in [5.41, 5.74) is 6.99. The van der Waals surface area contributed by atoms with Crippen LogP contribution >= 0.6 is 0 Å². The van der Waals surface area contributed by atoms with E-state index in [0.717, 1.165) is 206 Å². The van der Waals surface area contributed by atoms with E-state index in [0.29, 0.717) is 141 Å². The Morgan fingerprint density at radius 2 is 0.715 bits per heavy atom. The predicted octanol–water partition coefficient (Wildman–Crippen LogP) is 20.2. The van der Waals surface area contributed by atoms with Crippen molar-refractivity contribution in [3.63, 3.8) is 0 Å². The van der Waals surface area contributed by atoms with E-state index < -0.39 is 74.5 Å². The van der Waals surface area contributed by atoms with Crippen molar-refractivity contribution in [2.75, 3.05) is 50.5 Å². The number of carbonyl (C=O) groups is 5. The van der Waals surface area contributed by atoms with E-state index in [1.165, 1.54) is 36.8 Å². The molecule has 9 aromatic rings. The van der Waals surface area contributed by atoms with Crippen LogP contribution in [0.1, 0.15) is 237 Å². The highest BCUT2D eigenvalue weighted by atomic mass is 19.4. The average molecular weight is 2000 g/mol. The van der Waals surface area contributed by atoms with Crippen LogP contribution in [-0.4, -0.2) is 143 Å². The van der Waals surface area contributed by atoms with Gasteiger partial charge in [-0.25, -0.2) is 13.5 Å². The molecule has 8 saturated carbocycles. The fraction of sp³-hybridized carbons (Fsp3) is 0.523. The lowest BCUT2D eigenvalue weighted by Gasteiger charge is -2.37. The molecule has 768 valence electrons. The van der Waals surface area contributed by atoms with E-state index in [4.69, 9.17) is 0 Å². The van der Waals surface area contributed by atoms with Crippen LogP contribution in [0.2, 0.25) is 0 Å². The van der Waals surface area contributed by atoms with Gasteiger partial charge in [-0.1, -0.05) is 80.3 Å². The van der Waals surface area contributed by atoms with Gasteiger partial charge >= 0.3 is 24.7 Å². The van der Waals surface area contributed by atoms with Crippen LogP contribution in [0.15, 0.2) is 165 Å². The quantitative estimate of drug-likeness (QED) is 0.0447. The Hall–Kier alpha value is -11.3. The Balaban J connectivity index is 0.000000126. The maximum atomic E-state index is 13.9. The van der Waals surface area contributed by atoms with Crippen LogP contribution in [0, 0.1) is 45.3 Å². The van der Waals surface area contributed by atoms with E-state index in [9.17, 15) is 85.4 Å². The molecule has 12 unspecified atom stereocenters. The second-order valence-corrected chi connectivity index (χ2v) is 42.4. The number of halogens is 14. The maximum absolute atomic E-state index is 13.9. The van der Waals surface area contributed by atoms with Gasteiger partial charge < -0.3 is 51.1 Å². The van der Waals surface area contributed by atoms with Crippen molar-refractivity contribution >= 4 is 40.9 Å². The Morgan fingerprint density at radius 1 is 0.389 bits per heavy atom. The number of hydrogen-bond donors (Lipinski definition) is 5. The number of pyridine rings is 4. The van der Waals surface area contributed by atoms with Crippen molar-refractivity contribution in [3.05, 3.63) is 260 Å². The van der Waals surface area contributed by atoms with Crippen molar-refractivity contribution in [3.8, 4) is 5.69 Å². The first-order valence-corrected chi connectivity index (χ1v) is 50.6. The number of nitrogens with zero attached hydrogens (tertiary/aromatic N) is 11. The predicted molar refractivity (Wildman–Crippen MR) is 513 cm³/mol. The monoisotopic (exact) mass is 2000 g/mol. The largest absolute Gasteiger partial charge is 0.417 e. The van der Waals surface area contributed by atoms with Crippen molar-refractivity contribution in [1.82, 2.24) is 70.6 Å². The van der Waals surface area contributed by atoms with E-state index in [1.54, 1.807) is 31.9 Å². The highest BCUT2D eigenvalue weighted by Crippen LogP contribution is 2.60. The van der Waals surface area contributed by atoms with Gasteiger partial charge in [0.15, 0.2) is 0 Å². The number of aromatic nitrogens is 6. The number of nitrogens with one attached hydrogen (secondary N) is 5. The number of benzene rings is 4. The summed E-state index contributed by atoms with van der Waals surface area (Å²) in [6, 6.07) is 38.1. The van der Waals surface area contributed by atoms with Crippen LogP contribution in [-0.2, 0) is 133 Å². The summed E-state index contributed by atoms with van der Waals surface area (Å²) in [7, 11) is 4.05. The molecule has 0 saturated heterocycles. The summed E-state index contributed by atoms with van der Waals surface area (Å²) in [6.45, 7) is 7.68. The summed E-state index contributed by atoms with van der Waals surface area (Å²) in [6.07, 6.45) is 9.47. The number of alkyl halides is 14. The second-order valence-electron chi connectivity index (χ2n) is 42.4. The zero-order valence-electron chi connectivity index (χ0n) is 81.4. The second kappa shape index (κ2) is 41.5. The third-order valence-electron chi connectivity index (χ3n) is 33.1. The summed E-state index contributed by atoms with van der Waals surface area (Å²) in [5.74, 6) is -1.48. The third kappa shape index (κ3) is 22.3. The van der Waals surface area contributed by atoms with Gasteiger partial charge in [0.05, 0.1) is 49.6 Å². The van der Waals surface area contributed by atoms with Crippen molar-refractivity contribution in [2.45, 2.75) is 275 Å². The van der Waals surface area contributed by atoms with Crippen LogP contribution in [0.3, 0.4) is 0 Å². The number of amides is 5. The van der Waals surface area contributed by atoms with Gasteiger partial charge in [0.2, 0.25) is 29.5 Å². The molecule has 8 fully saturated rings. The summed E-state index contributed by atoms with van der Waals surface area (Å²) >= 11 is 0. The summed E-state index contributed by atoms with van der Waals surface area (Å²) < 4.78 is 188. The van der Waals surface area contributed by atoms with Crippen LogP contribution in [0.25, 0.3) is 5.69 Å². The fourth-order valence-corrected chi connectivity index (χ4v) is 26.0. The molecule has 4 aliphatic heterocycles. The summed E-state index contributed by atoms with van der Waals surface area (Å²) in [5, 5.41) is 21.5. The molecule has 0 bridgehead atoms. The van der Waals surface area contributed by atoms with Crippen LogP contribution < -0.4 is 31.5 Å². The minimum absolute atomic E-state index is 0.0229.